The minimum atomic E-state index is -4.26. The van der Waals surface area contributed by atoms with Crippen molar-refractivity contribution in [2.45, 2.75) is 26.1 Å². The van der Waals surface area contributed by atoms with Gasteiger partial charge >= 0.3 is 6.18 Å². The largest absolute Gasteiger partial charge is 0.408 e. The molecule has 1 aromatic carbocycles. The second-order valence-electron chi connectivity index (χ2n) is 4.31. The Kier molecular flexibility index (Phi) is 3.50. The van der Waals surface area contributed by atoms with Gasteiger partial charge in [0.1, 0.15) is 6.54 Å². The van der Waals surface area contributed by atoms with Crippen molar-refractivity contribution in [1.29, 1.82) is 0 Å². The Morgan fingerprint density at radius 3 is 2.63 bits per heavy atom. The van der Waals surface area contributed by atoms with Gasteiger partial charge in [0.25, 0.3) is 0 Å². The first-order valence-electron chi connectivity index (χ1n) is 5.87. The average molecular weight is 269 g/mol. The van der Waals surface area contributed by atoms with Crippen molar-refractivity contribution < 1.29 is 13.2 Å². The number of nitrogens with zero attached hydrogens (tertiary/aromatic N) is 2. The third-order valence-corrected chi connectivity index (χ3v) is 2.83. The third kappa shape index (κ3) is 3.27. The lowest BCUT2D eigenvalue weighted by atomic mass is 10.0. The summed E-state index contributed by atoms with van der Waals surface area (Å²) in [4.78, 5) is 0. The number of aryl methyl sites for hydroxylation is 1. The smallest absolute Gasteiger partial charge is 0.399 e. The second kappa shape index (κ2) is 4.95. The van der Waals surface area contributed by atoms with Crippen LogP contribution in [0.25, 0.3) is 11.1 Å². The molecule has 3 nitrogen and oxygen atoms in total. The summed E-state index contributed by atoms with van der Waals surface area (Å²) in [7, 11) is 0. The van der Waals surface area contributed by atoms with Crippen molar-refractivity contribution in [3.05, 3.63) is 36.2 Å². The SMILES string of the molecule is CCc1cc(-c2cnn(CC(F)(F)F)c2)ccc1N. The van der Waals surface area contributed by atoms with Gasteiger partial charge < -0.3 is 5.73 Å². The monoisotopic (exact) mass is 269 g/mol. The number of benzene rings is 1. The normalized spacial score (nSPS) is 11.8. The summed E-state index contributed by atoms with van der Waals surface area (Å²) in [6.45, 7) is 0.894. The summed E-state index contributed by atoms with van der Waals surface area (Å²) >= 11 is 0. The van der Waals surface area contributed by atoms with Crippen molar-refractivity contribution in [2.75, 3.05) is 5.73 Å². The highest BCUT2D eigenvalue weighted by atomic mass is 19.4. The van der Waals surface area contributed by atoms with Crippen LogP contribution in [0.4, 0.5) is 18.9 Å². The first-order chi connectivity index (χ1) is 8.89. The second-order valence-corrected chi connectivity index (χ2v) is 4.31. The molecule has 2 N–H and O–H groups in total. The number of alkyl halides is 3. The van der Waals surface area contributed by atoms with Crippen molar-refractivity contribution in [3.8, 4) is 11.1 Å². The van der Waals surface area contributed by atoms with Gasteiger partial charge in [0, 0.05) is 17.4 Å². The Hall–Kier alpha value is -1.98. The van der Waals surface area contributed by atoms with E-state index >= 15 is 0 Å². The molecule has 0 fully saturated rings. The molecule has 0 saturated heterocycles. The maximum atomic E-state index is 12.2. The first-order valence-corrected chi connectivity index (χ1v) is 5.87. The fourth-order valence-electron chi connectivity index (χ4n) is 1.87. The van der Waals surface area contributed by atoms with E-state index in [2.05, 4.69) is 5.10 Å². The van der Waals surface area contributed by atoms with Gasteiger partial charge in [0.15, 0.2) is 0 Å². The molecule has 0 aliphatic rings. The molecule has 0 radical (unpaired) electrons. The molecule has 0 atom stereocenters. The lowest BCUT2D eigenvalue weighted by Crippen LogP contribution is -2.17. The summed E-state index contributed by atoms with van der Waals surface area (Å²) in [6, 6.07) is 5.42. The van der Waals surface area contributed by atoms with Gasteiger partial charge in [-0.3, -0.25) is 4.68 Å². The van der Waals surface area contributed by atoms with Crippen LogP contribution in [0.15, 0.2) is 30.6 Å². The number of hydrogen-bond acceptors (Lipinski definition) is 2. The number of nitrogens with two attached hydrogens (primary N) is 1. The standard InChI is InChI=1S/C13H14F3N3/c1-2-9-5-10(3-4-12(9)17)11-6-18-19(7-11)8-13(14,15)16/h3-7H,2,8,17H2,1H3. The van der Waals surface area contributed by atoms with Crippen LogP contribution in [0, 0.1) is 0 Å². The predicted molar refractivity (Wildman–Crippen MR) is 67.5 cm³/mol. The summed E-state index contributed by atoms with van der Waals surface area (Å²) < 4.78 is 37.6. The number of nitrogen functional groups attached to an aromatic ring is 1. The van der Waals surface area contributed by atoms with E-state index in [1.54, 1.807) is 12.1 Å². The Morgan fingerprint density at radius 2 is 2.00 bits per heavy atom. The highest BCUT2D eigenvalue weighted by Crippen LogP contribution is 2.25. The van der Waals surface area contributed by atoms with Crippen LogP contribution in [0.1, 0.15) is 12.5 Å². The molecule has 6 heteroatoms. The molecule has 0 saturated carbocycles. The van der Waals surface area contributed by atoms with Crippen LogP contribution >= 0.6 is 0 Å². The molecule has 0 amide bonds. The molecule has 0 unspecified atom stereocenters. The molecule has 0 aliphatic carbocycles. The predicted octanol–water partition coefficient (Wildman–Crippen LogP) is 3.26. The van der Waals surface area contributed by atoms with E-state index in [9.17, 15) is 13.2 Å². The van der Waals surface area contributed by atoms with Crippen molar-refractivity contribution >= 4 is 5.69 Å². The van der Waals surface area contributed by atoms with E-state index in [0.29, 0.717) is 11.3 Å². The Morgan fingerprint density at radius 1 is 1.26 bits per heavy atom. The van der Waals surface area contributed by atoms with E-state index < -0.39 is 12.7 Å². The fraction of sp³-hybridized carbons (Fsp3) is 0.308. The van der Waals surface area contributed by atoms with Crippen LogP contribution in [-0.2, 0) is 13.0 Å². The Balaban J connectivity index is 2.28. The molecule has 2 rings (SSSR count). The molecule has 2 aromatic rings. The van der Waals surface area contributed by atoms with Gasteiger partial charge in [-0.05, 0) is 29.7 Å². The summed E-state index contributed by atoms with van der Waals surface area (Å²) in [5.74, 6) is 0. The topological polar surface area (TPSA) is 43.8 Å². The van der Waals surface area contributed by atoms with Gasteiger partial charge in [-0.15, -0.1) is 0 Å². The lowest BCUT2D eigenvalue weighted by Gasteiger charge is -2.06. The van der Waals surface area contributed by atoms with Crippen LogP contribution in [0.2, 0.25) is 0 Å². The van der Waals surface area contributed by atoms with E-state index in [1.165, 1.54) is 12.4 Å². The Labute approximate surface area is 108 Å². The van der Waals surface area contributed by atoms with E-state index in [4.69, 9.17) is 5.73 Å². The van der Waals surface area contributed by atoms with Gasteiger partial charge in [0.05, 0.1) is 6.20 Å². The van der Waals surface area contributed by atoms with E-state index in [1.807, 2.05) is 13.0 Å². The maximum absolute atomic E-state index is 12.2. The minimum Gasteiger partial charge on any atom is -0.399 e. The highest BCUT2D eigenvalue weighted by Gasteiger charge is 2.28. The van der Waals surface area contributed by atoms with Crippen LogP contribution in [-0.4, -0.2) is 16.0 Å². The summed E-state index contributed by atoms with van der Waals surface area (Å²) in [5.41, 5.74) is 8.93. The van der Waals surface area contributed by atoms with Gasteiger partial charge in [-0.25, -0.2) is 0 Å². The van der Waals surface area contributed by atoms with Crippen molar-refractivity contribution in [3.63, 3.8) is 0 Å². The first kappa shape index (κ1) is 13.5. The van der Waals surface area contributed by atoms with Crippen LogP contribution in [0.3, 0.4) is 0 Å². The molecule has 0 aliphatic heterocycles. The van der Waals surface area contributed by atoms with Gasteiger partial charge in [-0.2, -0.15) is 18.3 Å². The molecule has 19 heavy (non-hydrogen) atoms. The molecule has 1 heterocycles. The zero-order chi connectivity index (χ0) is 14.0. The highest BCUT2D eigenvalue weighted by molar-refractivity contribution is 5.66. The van der Waals surface area contributed by atoms with Gasteiger partial charge in [-0.1, -0.05) is 13.0 Å². The number of anilines is 1. The van der Waals surface area contributed by atoms with E-state index in [-0.39, 0.29) is 0 Å². The number of aromatic nitrogens is 2. The number of hydrogen-bond donors (Lipinski definition) is 1. The molecule has 0 spiro atoms. The number of rotatable bonds is 3. The molecular formula is C13H14F3N3. The average Bonchev–Trinajstić information content (AvgIpc) is 2.75. The van der Waals surface area contributed by atoms with Crippen molar-refractivity contribution in [1.82, 2.24) is 9.78 Å². The summed E-state index contributed by atoms with van der Waals surface area (Å²) in [6.07, 6.45) is -0.676. The van der Waals surface area contributed by atoms with Crippen molar-refractivity contribution in [2.24, 2.45) is 0 Å². The molecule has 102 valence electrons. The fourth-order valence-corrected chi connectivity index (χ4v) is 1.87. The van der Waals surface area contributed by atoms with Gasteiger partial charge in [0.2, 0.25) is 0 Å². The van der Waals surface area contributed by atoms with E-state index in [0.717, 1.165) is 22.2 Å². The van der Waals surface area contributed by atoms with Crippen LogP contribution in [0.5, 0.6) is 0 Å². The van der Waals surface area contributed by atoms with Crippen LogP contribution < -0.4 is 5.73 Å². The quantitative estimate of drug-likeness (QED) is 0.869. The summed E-state index contributed by atoms with van der Waals surface area (Å²) in [5, 5.41) is 3.72. The molecule has 0 bridgehead atoms. The molecular weight excluding hydrogens is 255 g/mol. The zero-order valence-corrected chi connectivity index (χ0v) is 10.4. The minimum absolute atomic E-state index is 0.652. The Bertz CT molecular complexity index is 573. The number of halogens is 3. The molecule has 1 aromatic heterocycles. The third-order valence-electron chi connectivity index (χ3n) is 2.83. The lowest BCUT2D eigenvalue weighted by molar-refractivity contribution is -0.142. The maximum Gasteiger partial charge on any atom is 0.408 e. The zero-order valence-electron chi connectivity index (χ0n) is 10.4.